The molecule has 0 amide bonds. The van der Waals surface area contributed by atoms with Crippen LogP contribution in [0.2, 0.25) is 0 Å². The van der Waals surface area contributed by atoms with Gasteiger partial charge in [0.15, 0.2) is 0 Å². The minimum absolute atomic E-state index is 0.0356. The summed E-state index contributed by atoms with van der Waals surface area (Å²) in [6, 6.07) is 17.2. The van der Waals surface area contributed by atoms with Gasteiger partial charge >= 0.3 is 11.9 Å². The highest BCUT2D eigenvalue weighted by Crippen LogP contribution is 2.43. The molecule has 12 rings (SSSR count). The van der Waals surface area contributed by atoms with Crippen molar-refractivity contribution in [2.24, 2.45) is 11.8 Å². The quantitative estimate of drug-likeness (QED) is 0.221. The average molecular weight is 675 g/mol. The molecule has 0 radical (unpaired) electrons. The van der Waals surface area contributed by atoms with E-state index in [4.69, 9.17) is 9.47 Å². The highest BCUT2D eigenvalue weighted by atomic mass is 16.5. The number of ether oxygens (including phenoxy) is 2. The Morgan fingerprint density at radius 3 is 1.30 bits per heavy atom. The van der Waals surface area contributed by atoms with E-state index in [1.54, 1.807) is 12.4 Å². The van der Waals surface area contributed by atoms with Crippen LogP contribution in [-0.4, -0.2) is 92.7 Å². The second-order valence-electron chi connectivity index (χ2n) is 14.7. The molecule has 4 aromatic rings. The van der Waals surface area contributed by atoms with Gasteiger partial charge in [-0.3, -0.25) is 19.4 Å². The molecule has 8 fully saturated rings. The number of para-hydroxylation sites is 2. The van der Waals surface area contributed by atoms with Gasteiger partial charge in [0, 0.05) is 95.9 Å². The molecule has 8 aliphatic heterocycles. The molecule has 8 saturated heterocycles. The molecule has 8 bridgehead atoms. The van der Waals surface area contributed by atoms with Gasteiger partial charge in [-0.25, -0.2) is 9.59 Å². The fourth-order valence-electron chi connectivity index (χ4n) is 9.74. The van der Waals surface area contributed by atoms with Crippen LogP contribution in [-0.2, 0) is 19.1 Å². The number of esters is 2. The molecular weight excluding hydrogens is 632 g/mol. The number of ketones is 2. The van der Waals surface area contributed by atoms with Crippen molar-refractivity contribution in [3.8, 4) is 12.8 Å². The van der Waals surface area contributed by atoms with Crippen LogP contribution < -0.4 is 0 Å². The Labute approximate surface area is 290 Å². The molecule has 10 heterocycles. The molecule has 2 N–H and O–H groups in total. The van der Waals surface area contributed by atoms with Crippen molar-refractivity contribution in [3.05, 3.63) is 72.1 Å². The first-order valence-corrected chi connectivity index (χ1v) is 17.8. The number of piperidine rings is 8. The second kappa shape index (κ2) is 13.2. The van der Waals surface area contributed by atoms with Crippen molar-refractivity contribution < 1.29 is 28.7 Å². The van der Waals surface area contributed by atoms with E-state index in [1.165, 1.54) is 0 Å². The Kier molecular flexibility index (Phi) is 8.57. The first-order chi connectivity index (χ1) is 24.4. The largest absolute Gasteiger partial charge is 0.459 e. The maximum Gasteiger partial charge on any atom is 0.340 e. The Bertz CT molecular complexity index is 1810. The topological polar surface area (TPSA) is 125 Å². The zero-order valence-electron chi connectivity index (χ0n) is 28.0. The van der Waals surface area contributed by atoms with Gasteiger partial charge in [-0.1, -0.05) is 36.4 Å². The van der Waals surface area contributed by atoms with Crippen LogP contribution in [0.3, 0.4) is 0 Å². The SMILES string of the molecule is C#C.O=C(OC1CC2CC3CC(C1)N2CC3=O)c1c[nH]c2ccccc12.O=C(OC1CC2CC3CC(C1)N2CC3=O)c1c[nH]c2ccccc12. The standard InChI is InChI=1S/2C19H20N2O3.C2H2/c2*22-18-10-21-12-5-11(18)6-13(21)8-14(7-12)24-19(23)16-9-20-17-4-2-1-3-15(16)17;1-2/h2*1-4,9,11-14,20H,5-8,10H2;1-2H. The third kappa shape index (κ3) is 5.82. The number of nitrogens with one attached hydrogen (secondary N) is 2. The summed E-state index contributed by atoms with van der Waals surface area (Å²) in [6.45, 7) is 1.20. The van der Waals surface area contributed by atoms with Crippen LogP contribution in [0.25, 0.3) is 21.8 Å². The highest BCUT2D eigenvalue weighted by molar-refractivity contribution is 6.04. The monoisotopic (exact) mass is 674 g/mol. The zero-order valence-corrected chi connectivity index (χ0v) is 28.0. The highest BCUT2D eigenvalue weighted by Gasteiger charge is 2.50. The second-order valence-corrected chi connectivity index (χ2v) is 14.7. The van der Waals surface area contributed by atoms with Crippen LogP contribution in [0.5, 0.6) is 0 Å². The normalized spacial score (nSPS) is 33.2. The van der Waals surface area contributed by atoms with Crippen molar-refractivity contribution in [2.75, 3.05) is 13.1 Å². The molecule has 4 atom stereocenters. The third-order valence-electron chi connectivity index (χ3n) is 12.0. The number of hydrogen-bond donors (Lipinski definition) is 2. The Morgan fingerprint density at radius 2 is 0.940 bits per heavy atom. The third-order valence-corrected chi connectivity index (χ3v) is 12.0. The van der Waals surface area contributed by atoms with E-state index in [0.29, 0.717) is 60.0 Å². The van der Waals surface area contributed by atoms with Crippen LogP contribution in [0.1, 0.15) is 72.1 Å². The van der Waals surface area contributed by atoms with Crippen molar-refractivity contribution in [3.63, 3.8) is 0 Å². The lowest BCUT2D eigenvalue weighted by Gasteiger charge is -2.54. The van der Waals surface area contributed by atoms with Gasteiger partial charge in [0.05, 0.1) is 24.2 Å². The first-order valence-electron chi connectivity index (χ1n) is 17.8. The summed E-state index contributed by atoms with van der Waals surface area (Å²) < 4.78 is 11.7. The molecular formula is C40H42N4O6. The number of fused-ring (bicyclic) bond motifs is 4. The molecule has 4 unspecified atom stereocenters. The van der Waals surface area contributed by atoms with Crippen LogP contribution in [0.4, 0.5) is 0 Å². The molecule has 8 aliphatic rings. The molecule has 0 spiro atoms. The number of carbonyl (C=O) groups is 4. The lowest BCUT2D eigenvalue weighted by atomic mass is 9.72. The maximum atomic E-state index is 12.6. The predicted octanol–water partition coefficient (Wildman–Crippen LogP) is 5.29. The van der Waals surface area contributed by atoms with E-state index in [0.717, 1.165) is 73.2 Å². The smallest absolute Gasteiger partial charge is 0.340 e. The molecule has 10 heteroatoms. The van der Waals surface area contributed by atoms with Gasteiger partial charge in [-0.05, 0) is 37.8 Å². The number of Topliss-reactive ketones (excluding diaryl/α,β-unsaturated/α-hetero) is 2. The van der Waals surface area contributed by atoms with Gasteiger partial charge in [0.1, 0.15) is 23.8 Å². The van der Waals surface area contributed by atoms with Crippen LogP contribution in [0.15, 0.2) is 60.9 Å². The van der Waals surface area contributed by atoms with E-state index in [-0.39, 0.29) is 36.0 Å². The van der Waals surface area contributed by atoms with Crippen molar-refractivity contribution in [2.45, 2.75) is 87.7 Å². The first kappa shape index (κ1) is 32.5. The fourth-order valence-corrected chi connectivity index (χ4v) is 9.74. The molecule has 258 valence electrons. The molecule has 50 heavy (non-hydrogen) atoms. The summed E-state index contributed by atoms with van der Waals surface area (Å²) in [7, 11) is 0. The predicted molar refractivity (Wildman–Crippen MR) is 187 cm³/mol. The fraction of sp³-hybridized carbons (Fsp3) is 0.450. The van der Waals surface area contributed by atoms with Gasteiger partial charge < -0.3 is 19.4 Å². The minimum atomic E-state index is -0.242. The molecule has 0 aliphatic carbocycles. The number of aromatic nitrogens is 2. The van der Waals surface area contributed by atoms with Gasteiger partial charge in [0.25, 0.3) is 0 Å². The maximum absolute atomic E-state index is 12.6. The van der Waals surface area contributed by atoms with Crippen molar-refractivity contribution in [1.82, 2.24) is 19.8 Å². The number of H-pyrrole nitrogens is 2. The molecule has 2 aromatic carbocycles. The van der Waals surface area contributed by atoms with Crippen LogP contribution >= 0.6 is 0 Å². The Morgan fingerprint density at radius 1 is 0.580 bits per heavy atom. The minimum Gasteiger partial charge on any atom is -0.459 e. The molecule has 2 aromatic heterocycles. The summed E-state index contributed by atoms with van der Waals surface area (Å²) in [5.41, 5.74) is 3.12. The lowest BCUT2D eigenvalue weighted by molar-refractivity contribution is -0.145. The van der Waals surface area contributed by atoms with E-state index < -0.39 is 0 Å². The van der Waals surface area contributed by atoms with E-state index in [2.05, 4.69) is 32.6 Å². The zero-order chi connectivity index (χ0) is 34.5. The summed E-state index contributed by atoms with van der Waals surface area (Å²) in [5.74, 6) is 0.807. The van der Waals surface area contributed by atoms with E-state index in [9.17, 15) is 19.2 Å². The van der Waals surface area contributed by atoms with Gasteiger partial charge in [-0.2, -0.15) is 0 Å². The number of benzene rings is 2. The summed E-state index contributed by atoms with van der Waals surface area (Å²) in [4.78, 5) is 60.0. The van der Waals surface area contributed by atoms with E-state index >= 15 is 0 Å². The van der Waals surface area contributed by atoms with Crippen molar-refractivity contribution >= 4 is 45.3 Å². The summed E-state index contributed by atoms with van der Waals surface area (Å²) in [6.07, 6.45) is 18.6. The molecule has 0 saturated carbocycles. The number of aromatic amines is 2. The number of rotatable bonds is 4. The summed E-state index contributed by atoms with van der Waals surface area (Å²) >= 11 is 0. The number of terminal acetylenes is 1. The van der Waals surface area contributed by atoms with Crippen molar-refractivity contribution in [1.29, 1.82) is 0 Å². The summed E-state index contributed by atoms with van der Waals surface area (Å²) in [5, 5.41) is 1.82. The number of nitrogens with zero attached hydrogens (tertiary/aromatic N) is 2. The Hall–Kier alpha value is -4.72. The average Bonchev–Trinajstić information content (AvgIpc) is 3.75. The number of carbonyl (C=O) groups excluding carboxylic acids is 4. The van der Waals surface area contributed by atoms with Crippen LogP contribution in [0, 0.1) is 24.7 Å². The number of hydrogen-bond acceptors (Lipinski definition) is 8. The van der Waals surface area contributed by atoms with Gasteiger partial charge in [-0.15, -0.1) is 12.8 Å². The molecule has 10 nitrogen and oxygen atoms in total. The van der Waals surface area contributed by atoms with E-state index in [1.807, 2.05) is 48.5 Å². The lowest BCUT2D eigenvalue weighted by Crippen LogP contribution is -2.63. The van der Waals surface area contributed by atoms with Gasteiger partial charge in [0.2, 0.25) is 0 Å². The Balaban J connectivity index is 0.000000138.